The standard InChI is InChI=1S/C13H22N2O3S/c1-10(17-3)12-14-11(5-19-12)4-15(2)6-13(7-16)8-18-9-13/h5,10,16H,4,6-9H2,1-3H3. The lowest BCUT2D eigenvalue weighted by atomic mass is 9.86. The third-order valence-corrected chi connectivity index (χ3v) is 4.51. The average Bonchev–Trinajstić information content (AvgIpc) is 2.81. The molecule has 1 atom stereocenters. The van der Waals surface area contributed by atoms with Gasteiger partial charge in [-0.1, -0.05) is 0 Å². The topological polar surface area (TPSA) is 54.8 Å². The summed E-state index contributed by atoms with van der Waals surface area (Å²) in [7, 11) is 3.74. The molecule has 5 nitrogen and oxygen atoms in total. The highest BCUT2D eigenvalue weighted by molar-refractivity contribution is 7.09. The number of aliphatic hydroxyl groups is 1. The molecule has 6 heteroatoms. The first kappa shape index (κ1) is 14.9. The van der Waals surface area contributed by atoms with Gasteiger partial charge >= 0.3 is 0 Å². The van der Waals surface area contributed by atoms with Crippen LogP contribution in [0.5, 0.6) is 0 Å². The van der Waals surface area contributed by atoms with Gasteiger partial charge in [-0.05, 0) is 14.0 Å². The van der Waals surface area contributed by atoms with Crippen molar-refractivity contribution in [2.24, 2.45) is 5.41 Å². The number of aliphatic hydroxyl groups excluding tert-OH is 1. The fourth-order valence-electron chi connectivity index (χ4n) is 2.21. The Morgan fingerprint density at radius 3 is 2.89 bits per heavy atom. The van der Waals surface area contributed by atoms with Crippen LogP contribution in [0.2, 0.25) is 0 Å². The van der Waals surface area contributed by atoms with Gasteiger partial charge in [-0.25, -0.2) is 4.98 Å². The second kappa shape index (κ2) is 6.28. The van der Waals surface area contributed by atoms with Crippen molar-refractivity contribution >= 4 is 11.3 Å². The van der Waals surface area contributed by atoms with Crippen LogP contribution >= 0.6 is 11.3 Å². The molecule has 1 unspecified atom stereocenters. The molecule has 0 bridgehead atoms. The van der Waals surface area contributed by atoms with E-state index < -0.39 is 0 Å². The number of aromatic nitrogens is 1. The first-order chi connectivity index (χ1) is 9.08. The molecule has 1 aliphatic heterocycles. The van der Waals surface area contributed by atoms with Gasteiger partial charge in [0.05, 0.1) is 30.9 Å². The van der Waals surface area contributed by atoms with Crippen molar-refractivity contribution in [3.63, 3.8) is 0 Å². The van der Waals surface area contributed by atoms with Gasteiger partial charge in [0, 0.05) is 25.6 Å². The van der Waals surface area contributed by atoms with Crippen molar-refractivity contribution in [2.75, 3.05) is 40.5 Å². The maximum absolute atomic E-state index is 9.42. The number of methoxy groups -OCH3 is 1. The van der Waals surface area contributed by atoms with E-state index in [1.54, 1.807) is 18.4 Å². The van der Waals surface area contributed by atoms with Gasteiger partial charge in [0.1, 0.15) is 11.1 Å². The van der Waals surface area contributed by atoms with E-state index >= 15 is 0 Å². The minimum atomic E-state index is -0.0760. The van der Waals surface area contributed by atoms with Crippen molar-refractivity contribution in [2.45, 2.75) is 19.6 Å². The predicted octanol–water partition coefficient (Wildman–Crippen LogP) is 1.29. The Balaban J connectivity index is 1.88. The zero-order valence-corrected chi connectivity index (χ0v) is 12.6. The minimum absolute atomic E-state index is 0.0490. The van der Waals surface area contributed by atoms with Crippen LogP contribution < -0.4 is 0 Å². The van der Waals surface area contributed by atoms with Crippen LogP contribution in [0, 0.1) is 5.41 Å². The van der Waals surface area contributed by atoms with E-state index in [1.165, 1.54) is 0 Å². The van der Waals surface area contributed by atoms with E-state index in [-0.39, 0.29) is 18.1 Å². The SMILES string of the molecule is COC(C)c1nc(CN(C)CC2(CO)COC2)cs1. The number of nitrogens with zero attached hydrogens (tertiary/aromatic N) is 2. The van der Waals surface area contributed by atoms with Crippen molar-refractivity contribution in [1.29, 1.82) is 0 Å². The molecule has 2 rings (SSSR count). The molecule has 108 valence electrons. The first-order valence-corrected chi connectivity index (χ1v) is 7.31. The maximum Gasteiger partial charge on any atom is 0.122 e. The van der Waals surface area contributed by atoms with Crippen LogP contribution in [0.25, 0.3) is 0 Å². The molecule has 19 heavy (non-hydrogen) atoms. The monoisotopic (exact) mass is 286 g/mol. The van der Waals surface area contributed by atoms with Gasteiger partial charge < -0.3 is 14.6 Å². The lowest BCUT2D eigenvalue weighted by Crippen LogP contribution is -2.52. The Kier molecular flexibility index (Phi) is 4.92. The van der Waals surface area contributed by atoms with E-state index in [2.05, 4.69) is 22.3 Å². The quantitative estimate of drug-likeness (QED) is 0.818. The molecule has 0 saturated carbocycles. The molecular weight excluding hydrogens is 264 g/mol. The lowest BCUT2D eigenvalue weighted by Gasteiger charge is -2.42. The smallest absolute Gasteiger partial charge is 0.122 e. The van der Waals surface area contributed by atoms with Crippen molar-refractivity contribution < 1.29 is 14.6 Å². The third-order valence-electron chi connectivity index (χ3n) is 3.46. The summed E-state index contributed by atoms with van der Waals surface area (Å²) >= 11 is 1.63. The Labute approximate surface area is 118 Å². The Hall–Kier alpha value is -0.530. The van der Waals surface area contributed by atoms with E-state index in [4.69, 9.17) is 9.47 Å². The summed E-state index contributed by atoms with van der Waals surface area (Å²) in [5.41, 5.74) is 0.979. The van der Waals surface area contributed by atoms with Crippen molar-refractivity contribution in [3.8, 4) is 0 Å². The molecule has 0 aromatic carbocycles. The van der Waals surface area contributed by atoms with Gasteiger partial charge in [0.25, 0.3) is 0 Å². The summed E-state index contributed by atoms with van der Waals surface area (Å²) in [6.45, 7) is 5.09. The normalized spacial score (nSPS) is 19.4. The van der Waals surface area contributed by atoms with E-state index in [1.807, 2.05) is 6.92 Å². The summed E-state index contributed by atoms with van der Waals surface area (Å²) < 4.78 is 10.5. The van der Waals surface area contributed by atoms with E-state index in [0.29, 0.717) is 13.2 Å². The van der Waals surface area contributed by atoms with Crippen LogP contribution in [0.15, 0.2) is 5.38 Å². The summed E-state index contributed by atoms with van der Waals surface area (Å²) in [6.07, 6.45) is 0.0490. The van der Waals surface area contributed by atoms with Crippen LogP contribution in [-0.2, 0) is 16.0 Å². The Morgan fingerprint density at radius 1 is 1.63 bits per heavy atom. The van der Waals surface area contributed by atoms with Crippen LogP contribution in [-0.4, -0.2) is 55.5 Å². The molecule has 1 N–H and O–H groups in total. The largest absolute Gasteiger partial charge is 0.396 e. The summed E-state index contributed by atoms with van der Waals surface area (Å²) in [4.78, 5) is 6.77. The fourth-order valence-corrected chi connectivity index (χ4v) is 3.05. The highest BCUT2D eigenvalue weighted by Gasteiger charge is 2.38. The zero-order valence-electron chi connectivity index (χ0n) is 11.8. The first-order valence-electron chi connectivity index (χ1n) is 6.43. The lowest BCUT2D eigenvalue weighted by molar-refractivity contribution is -0.147. The number of hydrogen-bond donors (Lipinski definition) is 1. The summed E-state index contributed by atoms with van der Waals surface area (Å²) in [5.74, 6) is 0. The number of ether oxygens (including phenoxy) is 2. The Bertz CT molecular complexity index is 401. The molecule has 1 fully saturated rings. The number of rotatable bonds is 7. The second-order valence-corrected chi connectivity index (χ2v) is 6.27. The molecule has 1 aliphatic rings. The van der Waals surface area contributed by atoms with Gasteiger partial charge in [-0.2, -0.15) is 0 Å². The van der Waals surface area contributed by atoms with Gasteiger partial charge in [-0.15, -0.1) is 11.3 Å². The predicted molar refractivity (Wildman–Crippen MR) is 74.2 cm³/mol. The molecule has 0 radical (unpaired) electrons. The molecule has 1 aromatic rings. The maximum atomic E-state index is 9.42. The Morgan fingerprint density at radius 2 is 2.37 bits per heavy atom. The fraction of sp³-hybridized carbons (Fsp3) is 0.769. The average molecular weight is 286 g/mol. The summed E-state index contributed by atoms with van der Waals surface area (Å²) in [6, 6.07) is 0. The molecule has 0 amide bonds. The summed E-state index contributed by atoms with van der Waals surface area (Å²) in [5, 5.41) is 12.5. The van der Waals surface area contributed by atoms with Crippen LogP contribution in [0.1, 0.15) is 23.7 Å². The van der Waals surface area contributed by atoms with E-state index in [9.17, 15) is 5.11 Å². The minimum Gasteiger partial charge on any atom is -0.396 e. The molecule has 1 saturated heterocycles. The van der Waals surface area contributed by atoms with Crippen molar-refractivity contribution in [3.05, 3.63) is 16.1 Å². The molecule has 0 aliphatic carbocycles. The number of thiazole rings is 1. The van der Waals surface area contributed by atoms with Gasteiger partial charge in [0.2, 0.25) is 0 Å². The molecule has 0 spiro atoms. The number of hydrogen-bond acceptors (Lipinski definition) is 6. The van der Waals surface area contributed by atoms with Crippen LogP contribution in [0.4, 0.5) is 0 Å². The zero-order chi connectivity index (χ0) is 13.9. The molecule has 2 heterocycles. The third kappa shape index (κ3) is 3.52. The molecular formula is C13H22N2O3S. The van der Waals surface area contributed by atoms with Gasteiger partial charge in [-0.3, -0.25) is 4.90 Å². The highest BCUT2D eigenvalue weighted by Crippen LogP contribution is 2.28. The van der Waals surface area contributed by atoms with Gasteiger partial charge in [0.15, 0.2) is 0 Å². The van der Waals surface area contributed by atoms with E-state index in [0.717, 1.165) is 23.8 Å². The van der Waals surface area contributed by atoms with Crippen molar-refractivity contribution in [1.82, 2.24) is 9.88 Å². The van der Waals surface area contributed by atoms with Crippen LogP contribution in [0.3, 0.4) is 0 Å². The molecule has 1 aromatic heterocycles. The second-order valence-electron chi connectivity index (χ2n) is 5.38. The highest BCUT2D eigenvalue weighted by atomic mass is 32.1.